The molecule has 0 aliphatic carbocycles. The maximum absolute atomic E-state index is 5.09. The van der Waals surface area contributed by atoms with Gasteiger partial charge in [0.05, 0.1) is 7.11 Å². The van der Waals surface area contributed by atoms with Gasteiger partial charge in [-0.1, -0.05) is 32.9 Å². The van der Waals surface area contributed by atoms with E-state index in [1.54, 1.807) is 7.11 Å². The van der Waals surface area contributed by atoms with Crippen LogP contribution in [0.25, 0.3) is 0 Å². The minimum atomic E-state index is 0.934. The Balaban J connectivity index is 0.000000921. The second kappa shape index (κ2) is 9.91. The van der Waals surface area contributed by atoms with Crippen molar-refractivity contribution in [2.75, 3.05) is 12.9 Å². The van der Waals surface area contributed by atoms with Gasteiger partial charge in [0.15, 0.2) is 0 Å². The van der Waals surface area contributed by atoms with Crippen LogP contribution in [0.1, 0.15) is 32.8 Å². The van der Waals surface area contributed by atoms with Crippen molar-refractivity contribution in [2.45, 2.75) is 32.9 Å². The molecule has 0 saturated heterocycles. The summed E-state index contributed by atoms with van der Waals surface area (Å²) in [4.78, 5) is 0. The van der Waals surface area contributed by atoms with Crippen molar-refractivity contribution in [3.8, 4) is 5.75 Å². The molecule has 1 aromatic rings. The van der Waals surface area contributed by atoms with E-state index in [0.717, 1.165) is 11.5 Å². The smallest absolute Gasteiger partial charge is 0.118 e. The van der Waals surface area contributed by atoms with Crippen LogP contribution in [0.15, 0.2) is 24.3 Å². The molecule has 0 radical (unpaired) electrons. The monoisotopic (exact) mass is 226 g/mol. The fraction of sp³-hybridized carbons (Fsp3) is 0.538. The molecule has 1 rings (SSSR count). The number of methoxy groups -OCH3 is 1. The summed E-state index contributed by atoms with van der Waals surface area (Å²) in [5, 5.41) is 0. The highest BCUT2D eigenvalue weighted by molar-refractivity contribution is 7.98. The zero-order valence-corrected chi connectivity index (χ0v) is 11.1. The van der Waals surface area contributed by atoms with Crippen LogP contribution in [0, 0.1) is 0 Å². The van der Waals surface area contributed by atoms with Crippen molar-refractivity contribution >= 4 is 11.8 Å². The fourth-order valence-corrected chi connectivity index (χ4v) is 1.92. The Bertz CT molecular complexity index is 231. The molecule has 0 saturated carbocycles. The minimum Gasteiger partial charge on any atom is -0.497 e. The highest BCUT2D eigenvalue weighted by atomic mass is 32.2. The van der Waals surface area contributed by atoms with Gasteiger partial charge in [0.1, 0.15) is 5.75 Å². The maximum Gasteiger partial charge on any atom is 0.118 e. The van der Waals surface area contributed by atoms with Gasteiger partial charge in [0.25, 0.3) is 0 Å². The van der Waals surface area contributed by atoms with Gasteiger partial charge in [0.2, 0.25) is 0 Å². The molecular weight excluding hydrogens is 204 g/mol. The molecule has 0 N–H and O–H groups in total. The molecule has 15 heavy (non-hydrogen) atoms. The zero-order valence-electron chi connectivity index (χ0n) is 10.2. The predicted octanol–water partition coefficient (Wildman–Crippen LogP) is 4.36. The molecule has 2 heteroatoms. The standard InChI is InChI=1S/C11H16OS.C2H6/c1-3-8-13-9-10-4-6-11(12-2)7-5-10;1-2/h4-7H,3,8-9H2,1-2H3;1-2H3. The van der Waals surface area contributed by atoms with Crippen molar-refractivity contribution in [3.05, 3.63) is 29.8 Å². The summed E-state index contributed by atoms with van der Waals surface area (Å²) in [6.45, 7) is 6.21. The number of ether oxygens (including phenoxy) is 1. The maximum atomic E-state index is 5.09. The van der Waals surface area contributed by atoms with Crippen LogP contribution in [0.3, 0.4) is 0 Å². The van der Waals surface area contributed by atoms with Crippen molar-refractivity contribution in [1.82, 2.24) is 0 Å². The summed E-state index contributed by atoms with van der Waals surface area (Å²) in [5.41, 5.74) is 1.37. The van der Waals surface area contributed by atoms with E-state index < -0.39 is 0 Å². The van der Waals surface area contributed by atoms with E-state index in [-0.39, 0.29) is 0 Å². The molecule has 0 aliphatic heterocycles. The third-order valence-electron chi connectivity index (χ3n) is 1.78. The summed E-state index contributed by atoms with van der Waals surface area (Å²) < 4.78 is 5.09. The summed E-state index contributed by atoms with van der Waals surface area (Å²) in [6, 6.07) is 8.28. The van der Waals surface area contributed by atoms with Gasteiger partial charge in [-0.2, -0.15) is 11.8 Å². The first kappa shape index (κ1) is 14.4. The number of hydrogen-bond acceptors (Lipinski definition) is 2. The Morgan fingerprint density at radius 3 is 2.20 bits per heavy atom. The highest BCUT2D eigenvalue weighted by Gasteiger charge is 1.93. The first-order valence-electron chi connectivity index (χ1n) is 5.57. The third kappa shape index (κ3) is 6.45. The van der Waals surface area contributed by atoms with Crippen LogP contribution < -0.4 is 4.74 Å². The molecule has 0 unspecified atom stereocenters. The number of rotatable bonds is 5. The van der Waals surface area contributed by atoms with Crippen LogP contribution >= 0.6 is 11.8 Å². The Morgan fingerprint density at radius 1 is 1.13 bits per heavy atom. The first-order chi connectivity index (χ1) is 7.36. The van der Waals surface area contributed by atoms with Gasteiger partial charge < -0.3 is 4.74 Å². The molecule has 0 amide bonds. The van der Waals surface area contributed by atoms with E-state index in [2.05, 4.69) is 19.1 Å². The number of thioether (sulfide) groups is 1. The summed E-state index contributed by atoms with van der Waals surface area (Å²) in [5.74, 6) is 3.29. The van der Waals surface area contributed by atoms with E-state index in [1.807, 2.05) is 37.7 Å². The molecule has 0 atom stereocenters. The third-order valence-corrected chi connectivity index (χ3v) is 3.01. The molecule has 0 aromatic heterocycles. The first-order valence-corrected chi connectivity index (χ1v) is 6.73. The second-order valence-electron chi connectivity index (χ2n) is 2.90. The average molecular weight is 226 g/mol. The summed E-state index contributed by atoms with van der Waals surface area (Å²) >= 11 is 1.98. The highest BCUT2D eigenvalue weighted by Crippen LogP contribution is 2.16. The van der Waals surface area contributed by atoms with Gasteiger partial charge in [-0.05, 0) is 29.9 Å². The quantitative estimate of drug-likeness (QED) is 0.690. The van der Waals surface area contributed by atoms with E-state index in [4.69, 9.17) is 4.74 Å². The van der Waals surface area contributed by atoms with Crippen LogP contribution in [-0.2, 0) is 5.75 Å². The molecule has 0 spiro atoms. The van der Waals surface area contributed by atoms with Crippen LogP contribution in [0.4, 0.5) is 0 Å². The number of benzene rings is 1. The Labute approximate surface area is 98.2 Å². The normalized spacial score (nSPS) is 9.07. The van der Waals surface area contributed by atoms with Gasteiger partial charge in [-0.25, -0.2) is 0 Å². The largest absolute Gasteiger partial charge is 0.497 e. The van der Waals surface area contributed by atoms with Crippen molar-refractivity contribution < 1.29 is 4.74 Å². The molecule has 0 heterocycles. The Hall–Kier alpha value is -0.630. The van der Waals surface area contributed by atoms with Crippen molar-refractivity contribution in [2.24, 2.45) is 0 Å². The van der Waals surface area contributed by atoms with Gasteiger partial charge in [0, 0.05) is 5.75 Å². The van der Waals surface area contributed by atoms with Gasteiger partial charge in [-0.15, -0.1) is 0 Å². The van der Waals surface area contributed by atoms with E-state index in [9.17, 15) is 0 Å². The van der Waals surface area contributed by atoms with Crippen LogP contribution in [0.5, 0.6) is 5.75 Å². The Kier molecular flexibility index (Phi) is 9.49. The molecule has 86 valence electrons. The SMILES string of the molecule is CC.CCCSCc1ccc(OC)cc1. The molecule has 0 aliphatic rings. The number of hydrogen-bond donors (Lipinski definition) is 0. The lowest BCUT2D eigenvalue weighted by atomic mass is 10.2. The Morgan fingerprint density at radius 2 is 1.73 bits per heavy atom. The summed E-state index contributed by atoms with van der Waals surface area (Å²) in [6.07, 6.45) is 1.25. The second-order valence-corrected chi connectivity index (χ2v) is 4.01. The summed E-state index contributed by atoms with van der Waals surface area (Å²) in [7, 11) is 1.70. The zero-order chi connectivity index (χ0) is 11.5. The fourth-order valence-electron chi connectivity index (χ4n) is 1.06. The van der Waals surface area contributed by atoms with Crippen LogP contribution in [-0.4, -0.2) is 12.9 Å². The van der Waals surface area contributed by atoms with E-state index in [1.165, 1.54) is 17.7 Å². The molecule has 0 fully saturated rings. The topological polar surface area (TPSA) is 9.23 Å². The van der Waals surface area contributed by atoms with Gasteiger partial charge in [-0.3, -0.25) is 0 Å². The minimum absolute atomic E-state index is 0.934. The lowest BCUT2D eigenvalue weighted by Crippen LogP contribution is -1.85. The van der Waals surface area contributed by atoms with Gasteiger partial charge >= 0.3 is 0 Å². The lowest BCUT2D eigenvalue weighted by molar-refractivity contribution is 0.414. The van der Waals surface area contributed by atoms with E-state index in [0.29, 0.717) is 0 Å². The average Bonchev–Trinajstić information content (AvgIpc) is 2.33. The van der Waals surface area contributed by atoms with Crippen molar-refractivity contribution in [3.63, 3.8) is 0 Å². The predicted molar refractivity (Wildman–Crippen MR) is 70.8 cm³/mol. The lowest BCUT2D eigenvalue weighted by Gasteiger charge is -2.02. The molecule has 1 aromatic carbocycles. The van der Waals surface area contributed by atoms with E-state index >= 15 is 0 Å². The molecule has 0 bridgehead atoms. The molecule has 1 nitrogen and oxygen atoms in total. The molecular formula is C13H22OS. The van der Waals surface area contributed by atoms with Crippen LogP contribution in [0.2, 0.25) is 0 Å². The van der Waals surface area contributed by atoms with Crippen molar-refractivity contribution in [1.29, 1.82) is 0 Å².